The maximum Gasteiger partial charge on any atom is 0.00277 e. The molecule has 0 aliphatic rings. The zero-order chi connectivity index (χ0) is 10.6. The molecule has 0 saturated heterocycles. The molecule has 0 unspecified atom stereocenters. The Kier molecular flexibility index (Phi) is 3.52. The van der Waals surface area contributed by atoms with E-state index in [2.05, 4.69) is 37.0 Å². The van der Waals surface area contributed by atoms with Crippen molar-refractivity contribution in [3.63, 3.8) is 0 Å². The van der Waals surface area contributed by atoms with Crippen LogP contribution in [0.5, 0.6) is 0 Å². The Bertz CT molecular complexity index is 361. The summed E-state index contributed by atoms with van der Waals surface area (Å²) in [5.74, 6) is 0. The van der Waals surface area contributed by atoms with E-state index in [0.717, 1.165) is 5.57 Å². The van der Waals surface area contributed by atoms with E-state index in [4.69, 9.17) is 0 Å². The van der Waals surface area contributed by atoms with Crippen LogP contribution in [-0.4, -0.2) is 7.05 Å². The van der Waals surface area contributed by atoms with Crippen LogP contribution in [0.4, 0.5) is 0 Å². The van der Waals surface area contributed by atoms with E-state index in [1.54, 1.807) is 0 Å². The van der Waals surface area contributed by atoms with Crippen LogP contribution in [0.3, 0.4) is 0 Å². The minimum absolute atomic E-state index is 1.11. The highest BCUT2D eigenvalue weighted by atomic mass is 14.8. The van der Waals surface area contributed by atoms with Gasteiger partial charge in [0.1, 0.15) is 0 Å². The van der Waals surface area contributed by atoms with Gasteiger partial charge in [0, 0.05) is 7.05 Å². The molecule has 0 amide bonds. The second kappa shape index (κ2) is 4.66. The summed E-state index contributed by atoms with van der Waals surface area (Å²) >= 11 is 0. The lowest BCUT2D eigenvalue weighted by atomic mass is 10.0. The van der Waals surface area contributed by atoms with Crippen molar-refractivity contribution in [2.75, 3.05) is 7.05 Å². The van der Waals surface area contributed by atoms with Crippen molar-refractivity contribution in [3.05, 3.63) is 47.7 Å². The standard InChI is InChI=1S/C13H17N/c1-10(2)13-9-12(7-8-14-4)6-5-11(13)3/h5-9,14H,1H2,2-4H3/b8-7+. The fraction of sp³-hybridized carbons (Fsp3) is 0.231. The van der Waals surface area contributed by atoms with Gasteiger partial charge in [-0.3, -0.25) is 0 Å². The Morgan fingerprint density at radius 2 is 2.14 bits per heavy atom. The first-order valence-corrected chi connectivity index (χ1v) is 4.75. The molecule has 0 aliphatic heterocycles. The zero-order valence-electron chi connectivity index (χ0n) is 9.09. The molecular weight excluding hydrogens is 170 g/mol. The molecule has 0 aliphatic carbocycles. The first-order valence-electron chi connectivity index (χ1n) is 4.75. The Labute approximate surface area is 86.2 Å². The molecule has 1 aromatic rings. The summed E-state index contributed by atoms with van der Waals surface area (Å²) in [4.78, 5) is 0. The van der Waals surface area contributed by atoms with Gasteiger partial charge in [0.05, 0.1) is 0 Å². The summed E-state index contributed by atoms with van der Waals surface area (Å²) in [5.41, 5.74) is 4.83. The van der Waals surface area contributed by atoms with Crippen LogP contribution in [-0.2, 0) is 0 Å². The smallest absolute Gasteiger partial charge is 0.00277 e. The fourth-order valence-electron chi connectivity index (χ4n) is 1.38. The molecule has 1 nitrogen and oxygen atoms in total. The van der Waals surface area contributed by atoms with Gasteiger partial charge in [-0.1, -0.05) is 24.3 Å². The average Bonchev–Trinajstić information content (AvgIpc) is 2.16. The molecule has 0 spiro atoms. The van der Waals surface area contributed by atoms with Crippen molar-refractivity contribution in [3.8, 4) is 0 Å². The summed E-state index contributed by atoms with van der Waals surface area (Å²) in [6.45, 7) is 8.11. The molecule has 1 heteroatoms. The van der Waals surface area contributed by atoms with Gasteiger partial charge < -0.3 is 5.32 Å². The molecule has 1 aromatic carbocycles. The maximum absolute atomic E-state index is 3.97. The Morgan fingerprint density at radius 1 is 1.43 bits per heavy atom. The predicted molar refractivity (Wildman–Crippen MR) is 64.0 cm³/mol. The molecule has 0 heterocycles. The van der Waals surface area contributed by atoms with Gasteiger partial charge in [-0.25, -0.2) is 0 Å². The largest absolute Gasteiger partial charge is 0.394 e. The average molecular weight is 187 g/mol. The monoisotopic (exact) mass is 187 g/mol. The van der Waals surface area contributed by atoms with Crippen molar-refractivity contribution in [1.82, 2.24) is 5.32 Å². The minimum Gasteiger partial charge on any atom is -0.394 e. The maximum atomic E-state index is 3.97. The predicted octanol–water partition coefficient (Wildman–Crippen LogP) is 3.22. The van der Waals surface area contributed by atoms with Crippen LogP contribution in [0.2, 0.25) is 0 Å². The third-order valence-electron chi connectivity index (χ3n) is 2.16. The minimum atomic E-state index is 1.11. The molecule has 0 aromatic heterocycles. The lowest BCUT2D eigenvalue weighted by Crippen LogP contribution is -1.91. The molecule has 0 bridgehead atoms. The molecule has 0 atom stereocenters. The first-order chi connectivity index (χ1) is 6.65. The summed E-state index contributed by atoms with van der Waals surface area (Å²) in [5, 5.41) is 2.98. The van der Waals surface area contributed by atoms with Gasteiger partial charge in [-0.05, 0) is 48.9 Å². The van der Waals surface area contributed by atoms with Crippen LogP contribution in [0.15, 0.2) is 31.0 Å². The van der Waals surface area contributed by atoms with Gasteiger partial charge in [0.2, 0.25) is 0 Å². The third-order valence-corrected chi connectivity index (χ3v) is 2.16. The molecule has 1 rings (SSSR count). The van der Waals surface area contributed by atoms with E-state index >= 15 is 0 Å². The highest BCUT2D eigenvalue weighted by Gasteiger charge is 1.98. The fourth-order valence-corrected chi connectivity index (χ4v) is 1.38. The van der Waals surface area contributed by atoms with E-state index in [0.29, 0.717) is 0 Å². The Balaban J connectivity index is 3.06. The van der Waals surface area contributed by atoms with Crippen molar-refractivity contribution < 1.29 is 0 Å². The van der Waals surface area contributed by atoms with Gasteiger partial charge in [0.25, 0.3) is 0 Å². The normalized spacial score (nSPS) is 10.5. The molecular formula is C13H17N. The summed E-state index contributed by atoms with van der Waals surface area (Å²) in [7, 11) is 1.89. The number of benzene rings is 1. The number of nitrogens with one attached hydrogen (secondary N) is 1. The lowest BCUT2D eigenvalue weighted by molar-refractivity contribution is 1.11. The van der Waals surface area contributed by atoms with Crippen LogP contribution in [0.25, 0.3) is 11.6 Å². The molecule has 74 valence electrons. The van der Waals surface area contributed by atoms with Crippen molar-refractivity contribution in [1.29, 1.82) is 0 Å². The van der Waals surface area contributed by atoms with Crippen molar-refractivity contribution in [2.24, 2.45) is 0 Å². The molecule has 0 radical (unpaired) electrons. The van der Waals surface area contributed by atoms with E-state index in [-0.39, 0.29) is 0 Å². The van der Waals surface area contributed by atoms with E-state index in [1.165, 1.54) is 16.7 Å². The van der Waals surface area contributed by atoms with E-state index in [1.807, 2.05) is 26.2 Å². The summed E-state index contributed by atoms with van der Waals surface area (Å²) in [6.07, 6.45) is 3.97. The van der Waals surface area contributed by atoms with Gasteiger partial charge >= 0.3 is 0 Å². The van der Waals surface area contributed by atoms with Crippen LogP contribution >= 0.6 is 0 Å². The number of aryl methyl sites for hydroxylation is 1. The lowest BCUT2D eigenvalue weighted by Gasteiger charge is -2.06. The topological polar surface area (TPSA) is 12.0 Å². The molecule has 1 N–H and O–H groups in total. The third kappa shape index (κ3) is 2.49. The van der Waals surface area contributed by atoms with E-state index < -0.39 is 0 Å². The van der Waals surface area contributed by atoms with Crippen molar-refractivity contribution in [2.45, 2.75) is 13.8 Å². The first kappa shape index (κ1) is 10.6. The SMILES string of the molecule is C=C(C)c1cc(/C=C/NC)ccc1C. The number of rotatable bonds is 3. The van der Waals surface area contributed by atoms with Crippen LogP contribution < -0.4 is 5.32 Å². The Morgan fingerprint density at radius 3 is 2.71 bits per heavy atom. The second-order valence-electron chi connectivity index (χ2n) is 3.48. The molecule has 14 heavy (non-hydrogen) atoms. The quantitative estimate of drug-likeness (QED) is 0.766. The summed E-state index contributed by atoms with van der Waals surface area (Å²) in [6, 6.07) is 6.39. The Hall–Kier alpha value is -1.50. The highest BCUT2D eigenvalue weighted by Crippen LogP contribution is 2.18. The van der Waals surface area contributed by atoms with Crippen LogP contribution in [0.1, 0.15) is 23.6 Å². The number of hydrogen-bond acceptors (Lipinski definition) is 1. The second-order valence-corrected chi connectivity index (χ2v) is 3.48. The van der Waals surface area contributed by atoms with Gasteiger partial charge in [-0.15, -0.1) is 0 Å². The van der Waals surface area contributed by atoms with Crippen molar-refractivity contribution >= 4 is 11.6 Å². The highest BCUT2D eigenvalue weighted by molar-refractivity contribution is 5.67. The van der Waals surface area contributed by atoms with Gasteiger partial charge in [-0.2, -0.15) is 0 Å². The zero-order valence-corrected chi connectivity index (χ0v) is 9.09. The number of hydrogen-bond donors (Lipinski definition) is 1. The molecule has 0 fully saturated rings. The van der Waals surface area contributed by atoms with Gasteiger partial charge in [0.15, 0.2) is 0 Å². The summed E-state index contributed by atoms with van der Waals surface area (Å²) < 4.78 is 0. The van der Waals surface area contributed by atoms with E-state index in [9.17, 15) is 0 Å². The number of allylic oxidation sites excluding steroid dienone is 1. The van der Waals surface area contributed by atoms with Crippen LogP contribution in [0, 0.1) is 6.92 Å². The molecule has 0 saturated carbocycles.